The summed E-state index contributed by atoms with van der Waals surface area (Å²) in [4.78, 5) is 15.7. The van der Waals surface area contributed by atoms with E-state index in [1.54, 1.807) is 6.07 Å². The highest BCUT2D eigenvalue weighted by Gasteiger charge is 2.61. The van der Waals surface area contributed by atoms with Crippen LogP contribution in [0.1, 0.15) is 74.1 Å². The average Bonchev–Trinajstić information content (AvgIpc) is 3.39. The highest BCUT2D eigenvalue weighted by Crippen LogP contribution is 2.62. The lowest BCUT2D eigenvalue weighted by atomic mass is 9.75. The number of carboxylic acids is 1. The summed E-state index contributed by atoms with van der Waals surface area (Å²) in [5.74, 6) is 0.113. The van der Waals surface area contributed by atoms with E-state index >= 15 is 0 Å². The van der Waals surface area contributed by atoms with Crippen LogP contribution in [0.2, 0.25) is 0 Å². The first-order valence-corrected chi connectivity index (χ1v) is 13.5. The van der Waals surface area contributed by atoms with Crippen molar-refractivity contribution in [2.45, 2.75) is 70.3 Å². The fourth-order valence-electron chi connectivity index (χ4n) is 7.07. The van der Waals surface area contributed by atoms with Crippen molar-refractivity contribution in [3.8, 4) is 22.8 Å². The molecule has 6 heteroatoms. The Hall–Kier alpha value is -3.41. The number of rotatable bonds is 7. The zero-order chi connectivity index (χ0) is 26.7. The number of hydrogen-bond acceptors (Lipinski definition) is 4. The molecule has 0 aliphatic heterocycles. The number of carboxylic acid groups (broad SMARTS) is 1. The van der Waals surface area contributed by atoms with Gasteiger partial charge in [-0.2, -0.15) is 0 Å². The van der Waals surface area contributed by atoms with Gasteiger partial charge in [0.15, 0.2) is 0 Å². The third-order valence-electron chi connectivity index (χ3n) is 9.32. The van der Waals surface area contributed by atoms with Crippen LogP contribution in [0.25, 0.3) is 11.1 Å². The molecule has 1 heterocycles. The Morgan fingerprint density at radius 3 is 2.68 bits per heavy atom. The van der Waals surface area contributed by atoms with Gasteiger partial charge in [0, 0.05) is 17.0 Å². The van der Waals surface area contributed by atoms with Gasteiger partial charge in [-0.05, 0) is 83.4 Å². The Morgan fingerprint density at radius 2 is 1.97 bits per heavy atom. The molecule has 2 fully saturated rings. The van der Waals surface area contributed by atoms with E-state index in [0.29, 0.717) is 24.0 Å². The van der Waals surface area contributed by atoms with Crippen LogP contribution in [-0.4, -0.2) is 23.2 Å². The van der Waals surface area contributed by atoms with Crippen LogP contribution >= 0.6 is 0 Å². The molecule has 38 heavy (non-hydrogen) atoms. The van der Waals surface area contributed by atoms with Crippen molar-refractivity contribution in [3.63, 3.8) is 0 Å². The van der Waals surface area contributed by atoms with Gasteiger partial charge >= 0.3 is 5.97 Å². The SMILES string of the molecule is COc1cc(-c2ccc(COc3ccc4c(c3)[C@]3(CC4)C[C@H]3C(=O)O)cc2[C@@H]2CCCC2(C)C)c(F)cn1. The molecule has 2 saturated carbocycles. The summed E-state index contributed by atoms with van der Waals surface area (Å²) in [6.45, 7) is 4.98. The van der Waals surface area contributed by atoms with Crippen molar-refractivity contribution >= 4 is 5.97 Å². The molecule has 6 rings (SSSR count). The molecule has 0 radical (unpaired) electrons. The number of ether oxygens (including phenoxy) is 2. The molecule has 0 saturated heterocycles. The molecule has 3 atom stereocenters. The highest BCUT2D eigenvalue weighted by atomic mass is 19.1. The van der Waals surface area contributed by atoms with Crippen LogP contribution < -0.4 is 9.47 Å². The Balaban J connectivity index is 1.30. The Bertz CT molecular complexity index is 1420. The molecule has 1 N–H and O–H groups in total. The van der Waals surface area contributed by atoms with Crippen molar-refractivity contribution < 1.29 is 23.8 Å². The molecule has 3 aliphatic rings. The van der Waals surface area contributed by atoms with Crippen molar-refractivity contribution in [2.75, 3.05) is 7.11 Å². The van der Waals surface area contributed by atoms with Gasteiger partial charge in [-0.3, -0.25) is 4.79 Å². The standard InChI is InChI=1S/C32H34FNO4/c1-31(2)11-4-5-25(31)23-13-19(6-9-22(23)24-15-29(37-3)34-17-28(24)33)18-38-21-8-7-20-10-12-32(26(20)14-21)16-27(32)30(35)36/h6-9,13-15,17,25,27H,4-5,10-12,16,18H2,1-3H3,(H,35,36)/t25-,27-,32-/m0/s1. The molecule has 0 amide bonds. The first-order valence-electron chi connectivity index (χ1n) is 13.5. The molecule has 5 nitrogen and oxygen atoms in total. The highest BCUT2D eigenvalue weighted by molar-refractivity contribution is 5.78. The molecule has 3 aromatic rings. The molecule has 1 spiro atoms. The van der Waals surface area contributed by atoms with Gasteiger partial charge in [0.25, 0.3) is 0 Å². The number of nitrogens with zero attached hydrogens (tertiary/aromatic N) is 1. The number of halogens is 1. The molecule has 2 aromatic carbocycles. The second-order valence-corrected chi connectivity index (χ2v) is 11.9. The van der Waals surface area contributed by atoms with E-state index in [4.69, 9.17) is 9.47 Å². The smallest absolute Gasteiger partial charge is 0.307 e. The van der Waals surface area contributed by atoms with Crippen LogP contribution in [0, 0.1) is 17.2 Å². The summed E-state index contributed by atoms with van der Waals surface area (Å²) in [5.41, 5.74) is 5.83. The lowest BCUT2D eigenvalue weighted by molar-refractivity contribution is -0.139. The summed E-state index contributed by atoms with van der Waals surface area (Å²) in [5, 5.41) is 9.56. The molecule has 0 unspecified atom stereocenters. The lowest BCUT2D eigenvalue weighted by Gasteiger charge is -2.30. The summed E-state index contributed by atoms with van der Waals surface area (Å²) in [6.07, 6.45) is 7.12. The predicted octanol–water partition coefficient (Wildman–Crippen LogP) is 7.06. The maximum atomic E-state index is 15.0. The lowest BCUT2D eigenvalue weighted by Crippen LogP contribution is -2.17. The largest absolute Gasteiger partial charge is 0.489 e. The fraction of sp³-hybridized carbons (Fsp3) is 0.438. The van der Waals surface area contributed by atoms with E-state index in [2.05, 4.69) is 37.0 Å². The quantitative estimate of drug-likeness (QED) is 0.365. The number of hydrogen-bond donors (Lipinski definition) is 1. The molecule has 0 bridgehead atoms. The van der Waals surface area contributed by atoms with Gasteiger partial charge in [0.2, 0.25) is 5.88 Å². The number of pyridine rings is 1. The van der Waals surface area contributed by atoms with Crippen molar-refractivity contribution in [1.29, 1.82) is 0 Å². The first kappa shape index (κ1) is 24.9. The van der Waals surface area contributed by atoms with Gasteiger partial charge in [-0.1, -0.05) is 44.5 Å². The summed E-state index contributed by atoms with van der Waals surface area (Å²) >= 11 is 0. The van der Waals surface area contributed by atoms with Gasteiger partial charge in [-0.25, -0.2) is 9.37 Å². The van der Waals surface area contributed by atoms with E-state index in [1.807, 2.05) is 18.2 Å². The summed E-state index contributed by atoms with van der Waals surface area (Å²) < 4.78 is 26.5. The van der Waals surface area contributed by atoms with Gasteiger partial charge in [-0.15, -0.1) is 0 Å². The zero-order valence-corrected chi connectivity index (χ0v) is 22.2. The molecular weight excluding hydrogens is 481 g/mol. The van der Waals surface area contributed by atoms with E-state index in [9.17, 15) is 14.3 Å². The third kappa shape index (κ3) is 4.14. The number of aryl methyl sites for hydroxylation is 1. The van der Waals surface area contributed by atoms with Gasteiger partial charge in [0.05, 0.1) is 19.2 Å². The summed E-state index contributed by atoms with van der Waals surface area (Å²) in [7, 11) is 1.54. The average molecular weight is 516 g/mol. The van der Waals surface area contributed by atoms with Crippen LogP contribution in [0.4, 0.5) is 4.39 Å². The number of methoxy groups -OCH3 is 1. The van der Waals surface area contributed by atoms with Crippen LogP contribution in [-0.2, 0) is 23.2 Å². The normalized spacial score (nSPS) is 24.8. The van der Waals surface area contributed by atoms with Crippen LogP contribution in [0.5, 0.6) is 11.6 Å². The maximum absolute atomic E-state index is 15.0. The number of aromatic nitrogens is 1. The number of aliphatic carboxylic acids is 1. The Kier molecular flexibility index (Phi) is 5.97. The Labute approximate surface area is 223 Å². The van der Waals surface area contributed by atoms with Crippen LogP contribution in [0.3, 0.4) is 0 Å². The predicted molar refractivity (Wildman–Crippen MR) is 143 cm³/mol. The maximum Gasteiger partial charge on any atom is 0.307 e. The Morgan fingerprint density at radius 1 is 1.13 bits per heavy atom. The molecular formula is C32H34FNO4. The molecule has 1 aromatic heterocycles. The first-order chi connectivity index (χ1) is 18.2. The van der Waals surface area contributed by atoms with E-state index in [-0.39, 0.29) is 22.6 Å². The number of benzene rings is 2. The molecule has 198 valence electrons. The molecule has 3 aliphatic carbocycles. The summed E-state index contributed by atoms with van der Waals surface area (Å²) in [6, 6.07) is 14.0. The van der Waals surface area contributed by atoms with E-state index < -0.39 is 5.97 Å². The van der Waals surface area contributed by atoms with Gasteiger partial charge in [0.1, 0.15) is 18.2 Å². The van der Waals surface area contributed by atoms with Crippen LogP contribution in [0.15, 0.2) is 48.7 Å². The monoisotopic (exact) mass is 515 g/mol. The third-order valence-corrected chi connectivity index (χ3v) is 9.32. The zero-order valence-electron chi connectivity index (χ0n) is 22.2. The minimum absolute atomic E-state index is 0.112. The van der Waals surface area contributed by atoms with E-state index in [0.717, 1.165) is 66.5 Å². The number of fused-ring (bicyclic) bond motifs is 2. The minimum Gasteiger partial charge on any atom is -0.489 e. The fourth-order valence-corrected chi connectivity index (χ4v) is 7.07. The number of carbonyl (C=O) groups is 1. The topological polar surface area (TPSA) is 68.7 Å². The second kappa shape index (κ2) is 9.11. The van der Waals surface area contributed by atoms with Crippen molar-refractivity contribution in [2.24, 2.45) is 11.3 Å². The minimum atomic E-state index is -0.699. The van der Waals surface area contributed by atoms with Gasteiger partial charge < -0.3 is 14.6 Å². The van der Waals surface area contributed by atoms with Crippen molar-refractivity contribution in [1.82, 2.24) is 4.98 Å². The van der Waals surface area contributed by atoms with Crippen molar-refractivity contribution in [3.05, 3.63) is 76.7 Å². The van der Waals surface area contributed by atoms with E-state index in [1.165, 1.54) is 18.9 Å². The second-order valence-electron chi connectivity index (χ2n) is 11.9.